The molecule has 0 saturated carbocycles. The number of hydrogen-bond acceptors (Lipinski definition) is 5. The van der Waals surface area contributed by atoms with Crippen LogP contribution in [0.3, 0.4) is 0 Å². The number of nitrogens with zero attached hydrogens (tertiary/aromatic N) is 3. The summed E-state index contributed by atoms with van der Waals surface area (Å²) in [4.78, 5) is 15.4. The molecule has 4 rings (SSSR count). The van der Waals surface area contributed by atoms with Gasteiger partial charge in [0.05, 0.1) is 4.90 Å². The zero-order chi connectivity index (χ0) is 19.7. The molecule has 0 saturated heterocycles. The number of sulfone groups is 1. The van der Waals surface area contributed by atoms with Crippen LogP contribution < -0.4 is 0 Å². The van der Waals surface area contributed by atoms with Gasteiger partial charge in [0.15, 0.2) is 15.5 Å². The maximum atomic E-state index is 12.7. The van der Waals surface area contributed by atoms with Gasteiger partial charge in [0, 0.05) is 11.6 Å². The molecule has 0 fully saturated rings. The molecule has 0 atom stereocenters. The van der Waals surface area contributed by atoms with Crippen LogP contribution in [-0.4, -0.2) is 22.7 Å². The quantitative estimate of drug-likeness (QED) is 0.379. The van der Waals surface area contributed by atoms with Crippen LogP contribution in [0.1, 0.15) is 5.69 Å². The summed E-state index contributed by atoms with van der Waals surface area (Å²) in [6.07, 6.45) is 1.61. The highest BCUT2D eigenvalue weighted by Crippen LogP contribution is 2.28. The summed E-state index contributed by atoms with van der Waals surface area (Å²) in [6, 6.07) is 20.7. The Labute approximate surface area is 161 Å². The van der Waals surface area contributed by atoms with Crippen LogP contribution in [0.2, 0.25) is 0 Å². The molecule has 0 aliphatic carbocycles. The molecule has 0 spiro atoms. The average Bonchev–Trinajstić information content (AvgIpc) is 3.05. The fourth-order valence-electron chi connectivity index (χ4n) is 3.06. The van der Waals surface area contributed by atoms with Crippen molar-refractivity contribution in [2.45, 2.75) is 10.6 Å². The molecule has 0 aliphatic heterocycles. The van der Waals surface area contributed by atoms with Gasteiger partial charge < -0.3 is 10.1 Å². The maximum Gasteiger partial charge on any atom is 0.352 e. The molecule has 2 aromatic heterocycles. The van der Waals surface area contributed by atoms with Crippen molar-refractivity contribution in [3.63, 3.8) is 0 Å². The molecule has 28 heavy (non-hydrogen) atoms. The molecule has 0 unspecified atom stereocenters. The van der Waals surface area contributed by atoms with E-state index in [1.807, 2.05) is 30.3 Å². The van der Waals surface area contributed by atoms with Crippen LogP contribution in [0, 0.1) is 10.1 Å². The van der Waals surface area contributed by atoms with Gasteiger partial charge in [-0.15, -0.1) is 0 Å². The third kappa shape index (κ3) is 3.25. The highest BCUT2D eigenvalue weighted by molar-refractivity contribution is 7.90. The van der Waals surface area contributed by atoms with Crippen molar-refractivity contribution in [1.82, 2.24) is 9.38 Å². The van der Waals surface area contributed by atoms with Crippen molar-refractivity contribution in [2.24, 2.45) is 0 Å². The van der Waals surface area contributed by atoms with E-state index in [2.05, 4.69) is 4.98 Å². The first kappa shape index (κ1) is 17.9. The van der Waals surface area contributed by atoms with E-state index < -0.39 is 20.5 Å². The zero-order valence-electron chi connectivity index (χ0n) is 14.6. The Hall–Kier alpha value is -3.52. The predicted molar refractivity (Wildman–Crippen MR) is 105 cm³/mol. The molecule has 0 N–H and O–H groups in total. The van der Waals surface area contributed by atoms with E-state index in [4.69, 9.17) is 0 Å². The molecular formula is C20H15N3O4S. The van der Waals surface area contributed by atoms with E-state index in [0.717, 1.165) is 11.1 Å². The second-order valence-electron chi connectivity index (χ2n) is 6.22. The van der Waals surface area contributed by atoms with Crippen molar-refractivity contribution in [1.29, 1.82) is 0 Å². The van der Waals surface area contributed by atoms with Gasteiger partial charge in [-0.3, -0.25) is 0 Å². The summed E-state index contributed by atoms with van der Waals surface area (Å²) in [5.74, 6) is -0.886. The van der Waals surface area contributed by atoms with Crippen molar-refractivity contribution >= 4 is 21.3 Å². The van der Waals surface area contributed by atoms with Crippen LogP contribution in [0.4, 0.5) is 5.82 Å². The number of hydrogen-bond donors (Lipinski definition) is 0. The number of fused-ring (bicyclic) bond motifs is 1. The molecule has 7 nitrogen and oxygen atoms in total. The van der Waals surface area contributed by atoms with Gasteiger partial charge in [-0.05, 0) is 28.7 Å². The maximum absolute atomic E-state index is 12.7. The molecule has 0 amide bonds. The second-order valence-corrected chi connectivity index (χ2v) is 8.21. The first-order valence-corrected chi connectivity index (χ1v) is 10.1. The molecule has 0 bridgehead atoms. The molecule has 4 aromatic rings. The smallest absolute Gasteiger partial charge is 0.352 e. The van der Waals surface area contributed by atoms with Crippen molar-refractivity contribution in [2.75, 3.05) is 0 Å². The van der Waals surface area contributed by atoms with E-state index >= 15 is 0 Å². The lowest BCUT2D eigenvalue weighted by Crippen LogP contribution is -2.07. The summed E-state index contributed by atoms with van der Waals surface area (Å²) in [6.45, 7) is 0. The summed E-state index contributed by atoms with van der Waals surface area (Å²) < 4.78 is 26.7. The molecule has 2 heterocycles. The van der Waals surface area contributed by atoms with Gasteiger partial charge in [-0.2, -0.15) is 4.40 Å². The highest BCUT2D eigenvalue weighted by Gasteiger charge is 2.28. The first-order chi connectivity index (χ1) is 13.5. The van der Waals surface area contributed by atoms with E-state index in [-0.39, 0.29) is 16.4 Å². The lowest BCUT2D eigenvalue weighted by Gasteiger charge is -2.03. The van der Waals surface area contributed by atoms with Crippen molar-refractivity contribution < 1.29 is 13.3 Å². The van der Waals surface area contributed by atoms with E-state index in [0.29, 0.717) is 5.65 Å². The summed E-state index contributed by atoms with van der Waals surface area (Å²) >= 11 is 0. The summed E-state index contributed by atoms with van der Waals surface area (Å²) in [7, 11) is -3.76. The molecule has 8 heteroatoms. The van der Waals surface area contributed by atoms with Crippen molar-refractivity contribution in [3.8, 4) is 11.1 Å². The number of imidazole rings is 1. The number of benzene rings is 2. The minimum absolute atomic E-state index is 0.0842. The van der Waals surface area contributed by atoms with Gasteiger partial charge in [0.2, 0.25) is 5.65 Å². The van der Waals surface area contributed by atoms with Gasteiger partial charge in [-0.25, -0.2) is 13.4 Å². The van der Waals surface area contributed by atoms with E-state index in [9.17, 15) is 18.5 Å². The molecule has 2 aromatic carbocycles. The molecule has 0 radical (unpaired) electrons. The summed E-state index contributed by atoms with van der Waals surface area (Å²) in [5, 5.41) is 11.7. The van der Waals surface area contributed by atoms with Gasteiger partial charge in [0.25, 0.3) is 0 Å². The molecular weight excluding hydrogens is 378 g/mol. The Morgan fingerprint density at radius 3 is 2.18 bits per heavy atom. The number of nitro groups is 1. The molecule has 140 valence electrons. The minimum atomic E-state index is -3.76. The standard InChI is InChI=1S/C20H15N3O4S/c24-23(25)20-18(14-28(26,27)17-9-5-2-6-10-17)21-19-12-11-16(13-22(19)20)15-7-3-1-4-8-15/h1-13H,14H2. The Morgan fingerprint density at radius 1 is 0.893 bits per heavy atom. The normalized spacial score (nSPS) is 11.6. The fourth-order valence-corrected chi connectivity index (χ4v) is 4.36. The Morgan fingerprint density at radius 2 is 1.54 bits per heavy atom. The van der Waals surface area contributed by atoms with E-state index in [1.54, 1.807) is 36.5 Å². The predicted octanol–water partition coefficient (Wildman–Crippen LogP) is 3.88. The van der Waals surface area contributed by atoms with Crippen LogP contribution in [-0.2, 0) is 15.6 Å². The van der Waals surface area contributed by atoms with Gasteiger partial charge >= 0.3 is 5.82 Å². The number of aromatic nitrogens is 2. The fraction of sp³-hybridized carbons (Fsp3) is 0.0500. The van der Waals surface area contributed by atoms with Crippen LogP contribution >= 0.6 is 0 Å². The topological polar surface area (TPSA) is 94.6 Å². The van der Waals surface area contributed by atoms with Crippen molar-refractivity contribution in [3.05, 3.63) is 94.8 Å². The molecule has 0 aliphatic rings. The third-order valence-corrected chi connectivity index (χ3v) is 6.02. The van der Waals surface area contributed by atoms with E-state index in [1.165, 1.54) is 16.5 Å². The van der Waals surface area contributed by atoms with Gasteiger partial charge in [-0.1, -0.05) is 48.5 Å². The highest BCUT2D eigenvalue weighted by atomic mass is 32.2. The second kappa shape index (κ2) is 6.90. The monoisotopic (exact) mass is 393 g/mol. The van der Waals surface area contributed by atoms with Crippen LogP contribution in [0.25, 0.3) is 16.8 Å². The van der Waals surface area contributed by atoms with Gasteiger partial charge in [0.1, 0.15) is 11.9 Å². The minimum Gasteiger partial charge on any atom is -0.358 e. The SMILES string of the molecule is O=[N+]([O-])c1c(CS(=O)(=O)c2ccccc2)nc2ccc(-c3ccccc3)cn12. The number of rotatable bonds is 5. The Bertz CT molecular complexity index is 1270. The Kier molecular flexibility index (Phi) is 4.40. The lowest BCUT2D eigenvalue weighted by atomic mass is 10.1. The lowest BCUT2D eigenvalue weighted by molar-refractivity contribution is -0.391. The first-order valence-electron chi connectivity index (χ1n) is 8.44. The zero-order valence-corrected chi connectivity index (χ0v) is 15.4. The average molecular weight is 393 g/mol. The van der Waals surface area contributed by atoms with Crippen LogP contribution in [0.15, 0.2) is 83.9 Å². The third-order valence-electron chi connectivity index (χ3n) is 4.37. The largest absolute Gasteiger partial charge is 0.358 e. The summed E-state index contributed by atoms with van der Waals surface area (Å²) in [5.41, 5.74) is 1.90. The number of pyridine rings is 1. The van der Waals surface area contributed by atoms with Crippen LogP contribution in [0.5, 0.6) is 0 Å². The Balaban J connectivity index is 1.83.